The monoisotopic (exact) mass is 271 g/mol. The zero-order valence-corrected chi connectivity index (χ0v) is 10.7. The van der Waals surface area contributed by atoms with Crippen LogP contribution in [0.1, 0.15) is 19.8 Å². The zero-order chi connectivity index (χ0) is 13.2. The SMILES string of the molecule is CC1(Nc2nc(Cl)ccc2[N+](=O)[O-])CCOCC1. The summed E-state index contributed by atoms with van der Waals surface area (Å²) in [6.07, 6.45) is 1.55. The minimum atomic E-state index is -0.464. The van der Waals surface area contributed by atoms with E-state index in [0.717, 1.165) is 12.8 Å². The summed E-state index contributed by atoms with van der Waals surface area (Å²) in [5, 5.41) is 14.3. The minimum Gasteiger partial charge on any atom is -0.381 e. The number of rotatable bonds is 3. The van der Waals surface area contributed by atoms with E-state index in [-0.39, 0.29) is 22.2 Å². The fourth-order valence-electron chi connectivity index (χ4n) is 1.90. The van der Waals surface area contributed by atoms with E-state index in [1.165, 1.54) is 12.1 Å². The van der Waals surface area contributed by atoms with Gasteiger partial charge < -0.3 is 10.1 Å². The van der Waals surface area contributed by atoms with Crippen molar-refractivity contribution in [3.05, 3.63) is 27.4 Å². The lowest BCUT2D eigenvalue weighted by Gasteiger charge is -2.34. The lowest BCUT2D eigenvalue weighted by Crippen LogP contribution is -2.41. The molecule has 0 atom stereocenters. The van der Waals surface area contributed by atoms with Gasteiger partial charge in [-0.25, -0.2) is 4.98 Å². The first kappa shape index (κ1) is 13.0. The molecular weight excluding hydrogens is 258 g/mol. The molecule has 7 heteroatoms. The molecule has 0 saturated carbocycles. The predicted molar refractivity (Wildman–Crippen MR) is 68.0 cm³/mol. The molecule has 0 bridgehead atoms. The molecule has 1 fully saturated rings. The fraction of sp³-hybridized carbons (Fsp3) is 0.545. The van der Waals surface area contributed by atoms with Gasteiger partial charge in [-0.2, -0.15) is 0 Å². The summed E-state index contributed by atoms with van der Waals surface area (Å²) in [6.45, 7) is 3.28. The normalized spacial score (nSPS) is 18.3. The summed E-state index contributed by atoms with van der Waals surface area (Å²) in [6, 6.07) is 2.78. The summed E-state index contributed by atoms with van der Waals surface area (Å²) in [5.74, 6) is 0.219. The van der Waals surface area contributed by atoms with Gasteiger partial charge in [-0.15, -0.1) is 0 Å². The first-order valence-corrected chi connectivity index (χ1v) is 6.05. The van der Waals surface area contributed by atoms with Crippen molar-refractivity contribution in [3.8, 4) is 0 Å². The van der Waals surface area contributed by atoms with Crippen LogP contribution in [0, 0.1) is 10.1 Å². The van der Waals surface area contributed by atoms with Gasteiger partial charge in [0.15, 0.2) is 0 Å². The second kappa shape index (κ2) is 5.07. The molecule has 1 N–H and O–H groups in total. The van der Waals surface area contributed by atoms with Crippen molar-refractivity contribution in [3.63, 3.8) is 0 Å². The number of nitrogens with one attached hydrogen (secondary N) is 1. The van der Waals surface area contributed by atoms with Gasteiger partial charge in [-0.05, 0) is 25.8 Å². The number of hydrogen-bond donors (Lipinski definition) is 1. The second-order valence-electron chi connectivity index (χ2n) is 4.56. The summed E-state index contributed by atoms with van der Waals surface area (Å²) in [7, 11) is 0. The molecule has 98 valence electrons. The number of nitro groups is 1. The van der Waals surface area contributed by atoms with Gasteiger partial charge in [0.25, 0.3) is 0 Å². The maximum Gasteiger partial charge on any atom is 0.311 e. The molecule has 18 heavy (non-hydrogen) atoms. The van der Waals surface area contributed by atoms with Crippen LogP contribution in [0.4, 0.5) is 11.5 Å². The molecule has 0 aliphatic carbocycles. The zero-order valence-electron chi connectivity index (χ0n) is 9.98. The van der Waals surface area contributed by atoms with Gasteiger partial charge in [-0.3, -0.25) is 10.1 Å². The lowest BCUT2D eigenvalue weighted by atomic mass is 9.92. The van der Waals surface area contributed by atoms with Crippen molar-refractivity contribution in [2.75, 3.05) is 18.5 Å². The van der Waals surface area contributed by atoms with Crippen molar-refractivity contribution < 1.29 is 9.66 Å². The van der Waals surface area contributed by atoms with Crippen LogP contribution in [-0.4, -0.2) is 28.7 Å². The van der Waals surface area contributed by atoms with Crippen molar-refractivity contribution in [2.45, 2.75) is 25.3 Å². The van der Waals surface area contributed by atoms with Crippen LogP contribution in [0.5, 0.6) is 0 Å². The molecule has 1 aromatic heterocycles. The summed E-state index contributed by atoms with van der Waals surface area (Å²) in [4.78, 5) is 14.5. The van der Waals surface area contributed by atoms with E-state index < -0.39 is 4.92 Å². The molecule has 1 aliphatic rings. The third-order valence-corrected chi connectivity index (χ3v) is 3.26. The number of hydrogen-bond acceptors (Lipinski definition) is 5. The summed E-state index contributed by atoms with van der Waals surface area (Å²) >= 11 is 5.79. The van der Waals surface area contributed by atoms with Gasteiger partial charge in [0.2, 0.25) is 5.82 Å². The second-order valence-corrected chi connectivity index (χ2v) is 4.94. The van der Waals surface area contributed by atoms with E-state index in [1.807, 2.05) is 6.92 Å². The Balaban J connectivity index is 2.26. The largest absolute Gasteiger partial charge is 0.381 e. The molecule has 1 aliphatic heterocycles. The number of anilines is 1. The summed E-state index contributed by atoms with van der Waals surface area (Å²) < 4.78 is 5.28. The third kappa shape index (κ3) is 2.88. The number of ether oxygens (including phenoxy) is 1. The Kier molecular flexibility index (Phi) is 3.68. The van der Waals surface area contributed by atoms with Crippen molar-refractivity contribution >= 4 is 23.1 Å². The first-order valence-electron chi connectivity index (χ1n) is 5.67. The molecule has 6 nitrogen and oxygen atoms in total. The minimum absolute atomic E-state index is 0.0629. The van der Waals surface area contributed by atoms with E-state index in [9.17, 15) is 10.1 Å². The van der Waals surface area contributed by atoms with E-state index >= 15 is 0 Å². The molecule has 0 radical (unpaired) electrons. The van der Waals surface area contributed by atoms with E-state index in [4.69, 9.17) is 16.3 Å². The quantitative estimate of drug-likeness (QED) is 0.519. The Bertz CT molecular complexity index is 461. The Hall–Kier alpha value is -1.40. The average molecular weight is 272 g/mol. The molecule has 0 amide bonds. The average Bonchev–Trinajstić information content (AvgIpc) is 2.28. The molecule has 1 saturated heterocycles. The van der Waals surface area contributed by atoms with Crippen molar-refractivity contribution in [1.29, 1.82) is 0 Å². The predicted octanol–water partition coefficient (Wildman–Crippen LogP) is 2.62. The standard InChI is InChI=1S/C11H14ClN3O3/c1-11(4-6-18-7-5-11)14-10-8(15(16)17)2-3-9(12)13-10/h2-3H,4-7H2,1H3,(H,13,14). The molecule has 0 aromatic carbocycles. The van der Waals surface area contributed by atoms with Crippen LogP contribution >= 0.6 is 11.6 Å². The highest BCUT2D eigenvalue weighted by Crippen LogP contribution is 2.30. The molecule has 1 aromatic rings. The Morgan fingerprint density at radius 1 is 1.50 bits per heavy atom. The van der Waals surface area contributed by atoms with Crippen LogP contribution in [0.25, 0.3) is 0 Å². The first-order chi connectivity index (χ1) is 8.50. The molecular formula is C11H14ClN3O3. The van der Waals surface area contributed by atoms with Crippen molar-refractivity contribution in [2.24, 2.45) is 0 Å². The molecule has 0 spiro atoms. The lowest BCUT2D eigenvalue weighted by molar-refractivity contribution is -0.384. The van der Waals surface area contributed by atoms with Crippen LogP contribution in [0.2, 0.25) is 5.15 Å². The van der Waals surface area contributed by atoms with Crippen LogP contribution in [-0.2, 0) is 4.74 Å². The Morgan fingerprint density at radius 3 is 2.78 bits per heavy atom. The van der Waals surface area contributed by atoms with Gasteiger partial charge in [0, 0.05) is 24.8 Å². The van der Waals surface area contributed by atoms with Crippen molar-refractivity contribution in [1.82, 2.24) is 4.98 Å². The molecule has 0 unspecified atom stereocenters. The van der Waals surface area contributed by atoms with Gasteiger partial charge in [0.05, 0.1) is 4.92 Å². The third-order valence-electron chi connectivity index (χ3n) is 3.05. The highest BCUT2D eigenvalue weighted by Gasteiger charge is 2.30. The smallest absolute Gasteiger partial charge is 0.311 e. The number of halogens is 1. The maximum absolute atomic E-state index is 10.9. The van der Waals surface area contributed by atoms with Crippen LogP contribution in [0.15, 0.2) is 12.1 Å². The highest BCUT2D eigenvalue weighted by molar-refractivity contribution is 6.29. The fourth-order valence-corrected chi connectivity index (χ4v) is 2.05. The number of pyridine rings is 1. The summed E-state index contributed by atoms with van der Waals surface area (Å²) in [5.41, 5.74) is -0.312. The Morgan fingerprint density at radius 2 is 2.17 bits per heavy atom. The van der Waals surface area contributed by atoms with E-state index in [1.54, 1.807) is 0 Å². The topological polar surface area (TPSA) is 77.3 Å². The van der Waals surface area contributed by atoms with Crippen LogP contribution < -0.4 is 5.32 Å². The van der Waals surface area contributed by atoms with E-state index in [2.05, 4.69) is 10.3 Å². The number of aromatic nitrogens is 1. The van der Waals surface area contributed by atoms with E-state index in [0.29, 0.717) is 13.2 Å². The number of nitrogens with zero attached hydrogens (tertiary/aromatic N) is 2. The van der Waals surface area contributed by atoms with Gasteiger partial charge in [0.1, 0.15) is 5.15 Å². The Labute approximate surface area is 109 Å². The van der Waals surface area contributed by atoms with Crippen LogP contribution in [0.3, 0.4) is 0 Å². The highest BCUT2D eigenvalue weighted by atomic mass is 35.5. The molecule has 2 heterocycles. The molecule has 2 rings (SSSR count). The van der Waals surface area contributed by atoms with Gasteiger partial charge in [-0.1, -0.05) is 11.6 Å². The maximum atomic E-state index is 10.9. The van der Waals surface area contributed by atoms with Gasteiger partial charge >= 0.3 is 5.69 Å².